The molecule has 90 valence electrons. The van der Waals surface area contributed by atoms with Gasteiger partial charge < -0.3 is 4.90 Å². The highest BCUT2D eigenvalue weighted by Crippen LogP contribution is 2.22. The summed E-state index contributed by atoms with van der Waals surface area (Å²) < 4.78 is 0.912. The van der Waals surface area contributed by atoms with Gasteiger partial charge in [-0.25, -0.2) is 0 Å². The Morgan fingerprint density at radius 2 is 2.22 bits per heavy atom. The topological polar surface area (TPSA) is 39.9 Å². The maximum absolute atomic E-state index is 8.96. The van der Waals surface area contributed by atoms with Crippen molar-refractivity contribution in [1.82, 2.24) is 4.98 Å². The van der Waals surface area contributed by atoms with E-state index in [1.807, 2.05) is 37.5 Å². The monoisotopic (exact) mass is 301 g/mol. The van der Waals surface area contributed by atoms with E-state index in [0.29, 0.717) is 5.56 Å². The van der Waals surface area contributed by atoms with Crippen molar-refractivity contribution in [2.45, 2.75) is 6.54 Å². The first-order valence-corrected chi connectivity index (χ1v) is 6.29. The van der Waals surface area contributed by atoms with E-state index in [-0.39, 0.29) is 0 Å². The van der Waals surface area contributed by atoms with Crippen LogP contribution >= 0.6 is 15.9 Å². The molecule has 0 aliphatic carbocycles. The van der Waals surface area contributed by atoms with Crippen LogP contribution in [0.15, 0.2) is 47.2 Å². The number of anilines is 1. The van der Waals surface area contributed by atoms with Crippen LogP contribution in [0.2, 0.25) is 0 Å². The average Bonchev–Trinajstić information content (AvgIpc) is 2.39. The summed E-state index contributed by atoms with van der Waals surface area (Å²) in [7, 11) is 2.00. The summed E-state index contributed by atoms with van der Waals surface area (Å²) in [5, 5.41) is 8.96. The zero-order chi connectivity index (χ0) is 13.0. The maximum atomic E-state index is 8.96. The highest BCUT2D eigenvalue weighted by atomic mass is 79.9. The van der Waals surface area contributed by atoms with E-state index in [4.69, 9.17) is 5.26 Å². The second kappa shape index (κ2) is 5.65. The minimum Gasteiger partial charge on any atom is -0.370 e. The third kappa shape index (κ3) is 3.08. The lowest BCUT2D eigenvalue weighted by molar-refractivity contribution is 0.914. The SMILES string of the molecule is CN(Cc1cccnc1)c1cc(Br)cc(C#N)c1. The predicted molar refractivity (Wildman–Crippen MR) is 75.2 cm³/mol. The van der Waals surface area contributed by atoms with Crippen LogP contribution in [0.3, 0.4) is 0 Å². The van der Waals surface area contributed by atoms with Gasteiger partial charge in [0, 0.05) is 36.1 Å². The van der Waals surface area contributed by atoms with Crippen LogP contribution in [-0.2, 0) is 6.54 Å². The summed E-state index contributed by atoms with van der Waals surface area (Å²) in [6.45, 7) is 0.759. The van der Waals surface area contributed by atoms with Crippen LogP contribution in [-0.4, -0.2) is 12.0 Å². The molecule has 0 fully saturated rings. The first kappa shape index (κ1) is 12.6. The number of aromatic nitrogens is 1. The molecule has 0 aliphatic rings. The zero-order valence-electron chi connectivity index (χ0n) is 9.97. The molecule has 1 aromatic heterocycles. The van der Waals surface area contributed by atoms with Crippen molar-refractivity contribution < 1.29 is 0 Å². The lowest BCUT2D eigenvalue weighted by Gasteiger charge is -2.19. The molecular weight excluding hydrogens is 290 g/mol. The number of benzene rings is 1. The van der Waals surface area contributed by atoms with Crippen LogP contribution in [0, 0.1) is 11.3 Å². The summed E-state index contributed by atoms with van der Waals surface area (Å²) >= 11 is 3.42. The number of hydrogen-bond acceptors (Lipinski definition) is 3. The molecule has 0 saturated carbocycles. The lowest BCUT2D eigenvalue weighted by Crippen LogP contribution is -2.16. The van der Waals surface area contributed by atoms with Gasteiger partial charge in [-0.2, -0.15) is 5.26 Å². The van der Waals surface area contributed by atoms with E-state index in [1.54, 1.807) is 12.3 Å². The van der Waals surface area contributed by atoms with Crippen LogP contribution in [0.4, 0.5) is 5.69 Å². The van der Waals surface area contributed by atoms with Crippen molar-refractivity contribution >= 4 is 21.6 Å². The molecule has 2 rings (SSSR count). The van der Waals surface area contributed by atoms with Gasteiger partial charge in [0.25, 0.3) is 0 Å². The van der Waals surface area contributed by atoms with Crippen molar-refractivity contribution in [3.63, 3.8) is 0 Å². The fraction of sp³-hybridized carbons (Fsp3) is 0.143. The van der Waals surface area contributed by atoms with E-state index in [2.05, 4.69) is 31.9 Å². The first-order chi connectivity index (χ1) is 8.69. The van der Waals surface area contributed by atoms with E-state index in [9.17, 15) is 0 Å². The van der Waals surface area contributed by atoms with Gasteiger partial charge in [0.15, 0.2) is 0 Å². The Morgan fingerprint density at radius 3 is 2.89 bits per heavy atom. The number of nitrogens with zero attached hydrogens (tertiary/aromatic N) is 3. The zero-order valence-corrected chi connectivity index (χ0v) is 11.6. The van der Waals surface area contributed by atoms with Crippen molar-refractivity contribution in [3.05, 3.63) is 58.3 Å². The van der Waals surface area contributed by atoms with Crippen molar-refractivity contribution in [3.8, 4) is 6.07 Å². The van der Waals surface area contributed by atoms with E-state index in [1.165, 1.54) is 0 Å². The largest absolute Gasteiger partial charge is 0.370 e. The summed E-state index contributed by atoms with van der Waals surface area (Å²) in [5.74, 6) is 0. The number of halogens is 1. The maximum Gasteiger partial charge on any atom is 0.0992 e. The van der Waals surface area contributed by atoms with Crippen molar-refractivity contribution in [2.75, 3.05) is 11.9 Å². The molecule has 0 N–H and O–H groups in total. The quantitative estimate of drug-likeness (QED) is 0.873. The summed E-state index contributed by atoms with van der Waals surface area (Å²) in [6, 6.07) is 11.8. The Hall–Kier alpha value is -1.86. The third-order valence-electron chi connectivity index (χ3n) is 2.59. The highest BCUT2D eigenvalue weighted by Gasteiger charge is 2.05. The molecule has 1 aromatic carbocycles. The molecule has 0 radical (unpaired) electrons. The molecule has 0 saturated heterocycles. The highest BCUT2D eigenvalue weighted by molar-refractivity contribution is 9.10. The average molecular weight is 302 g/mol. The van der Waals surface area contributed by atoms with E-state index >= 15 is 0 Å². The molecule has 4 heteroatoms. The smallest absolute Gasteiger partial charge is 0.0992 e. The fourth-order valence-corrected chi connectivity index (χ4v) is 2.20. The molecule has 0 aliphatic heterocycles. The van der Waals surface area contributed by atoms with Crippen LogP contribution in [0.1, 0.15) is 11.1 Å². The molecule has 2 aromatic rings. The normalized spacial score (nSPS) is 9.83. The van der Waals surface area contributed by atoms with Gasteiger partial charge in [0.2, 0.25) is 0 Å². The Labute approximate surface area is 115 Å². The minimum atomic E-state index is 0.650. The Morgan fingerprint density at radius 1 is 1.39 bits per heavy atom. The van der Waals surface area contributed by atoms with Gasteiger partial charge in [-0.05, 0) is 29.8 Å². The molecule has 0 atom stereocenters. The number of pyridine rings is 1. The van der Waals surface area contributed by atoms with Gasteiger partial charge >= 0.3 is 0 Å². The number of rotatable bonds is 3. The fourth-order valence-electron chi connectivity index (χ4n) is 1.72. The number of hydrogen-bond donors (Lipinski definition) is 0. The Balaban J connectivity index is 2.21. The molecule has 0 amide bonds. The summed E-state index contributed by atoms with van der Waals surface area (Å²) in [4.78, 5) is 6.18. The van der Waals surface area contributed by atoms with Crippen molar-refractivity contribution in [1.29, 1.82) is 5.26 Å². The Kier molecular flexibility index (Phi) is 3.96. The summed E-state index contributed by atoms with van der Waals surface area (Å²) in [6.07, 6.45) is 3.61. The van der Waals surface area contributed by atoms with Gasteiger partial charge in [0.1, 0.15) is 0 Å². The molecule has 3 nitrogen and oxygen atoms in total. The third-order valence-corrected chi connectivity index (χ3v) is 3.05. The van der Waals surface area contributed by atoms with Gasteiger partial charge in [-0.1, -0.05) is 22.0 Å². The second-order valence-corrected chi connectivity index (χ2v) is 4.94. The molecule has 0 spiro atoms. The number of nitriles is 1. The lowest BCUT2D eigenvalue weighted by atomic mass is 10.2. The second-order valence-electron chi connectivity index (χ2n) is 4.03. The van der Waals surface area contributed by atoms with Gasteiger partial charge in [0.05, 0.1) is 11.6 Å². The predicted octanol–water partition coefficient (Wildman–Crippen LogP) is 3.35. The first-order valence-electron chi connectivity index (χ1n) is 5.50. The van der Waals surface area contributed by atoms with E-state index in [0.717, 1.165) is 22.3 Å². The molecule has 0 unspecified atom stereocenters. The standard InChI is InChI=1S/C14H12BrN3/c1-18(10-11-3-2-4-17-9-11)14-6-12(8-16)5-13(15)7-14/h2-7,9H,10H2,1H3. The van der Waals surface area contributed by atoms with Gasteiger partial charge in [-0.15, -0.1) is 0 Å². The van der Waals surface area contributed by atoms with Crippen molar-refractivity contribution in [2.24, 2.45) is 0 Å². The molecule has 0 bridgehead atoms. The Bertz CT molecular complexity index is 575. The molecular formula is C14H12BrN3. The van der Waals surface area contributed by atoms with Crippen LogP contribution < -0.4 is 4.90 Å². The summed E-state index contributed by atoms with van der Waals surface area (Å²) in [5.41, 5.74) is 2.79. The molecule has 18 heavy (non-hydrogen) atoms. The van der Waals surface area contributed by atoms with Crippen LogP contribution in [0.5, 0.6) is 0 Å². The van der Waals surface area contributed by atoms with E-state index < -0.39 is 0 Å². The molecule has 1 heterocycles. The van der Waals surface area contributed by atoms with Crippen LogP contribution in [0.25, 0.3) is 0 Å². The van der Waals surface area contributed by atoms with Gasteiger partial charge in [-0.3, -0.25) is 4.98 Å². The minimum absolute atomic E-state index is 0.650.